The highest BCUT2D eigenvalue weighted by molar-refractivity contribution is 6.76. The lowest BCUT2D eigenvalue weighted by Crippen LogP contribution is -2.35. The molecule has 110 valence electrons. The van der Waals surface area contributed by atoms with Gasteiger partial charge in [0.2, 0.25) is 0 Å². The van der Waals surface area contributed by atoms with E-state index in [4.69, 9.17) is 0 Å². The Balaban J connectivity index is 3.11. The van der Waals surface area contributed by atoms with Gasteiger partial charge < -0.3 is 5.11 Å². The van der Waals surface area contributed by atoms with Crippen molar-refractivity contribution in [2.24, 2.45) is 0 Å². The fourth-order valence-electron chi connectivity index (χ4n) is 1.59. The Morgan fingerprint density at radius 2 is 2.05 bits per heavy atom. The zero-order valence-electron chi connectivity index (χ0n) is 11.6. The SMILES string of the molecule is C[Si](C)(C)CCN(C(=O)O)c1cc([N+](=O)[O-])ccc1F. The number of hydrogen-bond acceptors (Lipinski definition) is 3. The smallest absolute Gasteiger partial charge is 0.411 e. The molecular weight excluding hydrogens is 283 g/mol. The molecule has 6 nitrogen and oxygen atoms in total. The highest BCUT2D eigenvalue weighted by atomic mass is 28.3. The van der Waals surface area contributed by atoms with Gasteiger partial charge in [0, 0.05) is 26.8 Å². The molecular formula is C12H17FN2O4Si. The second-order valence-electron chi connectivity index (χ2n) is 5.64. The fraction of sp³-hybridized carbons (Fsp3) is 0.417. The number of nitrogens with zero attached hydrogens (tertiary/aromatic N) is 2. The molecule has 0 saturated carbocycles. The number of anilines is 1. The number of carbonyl (C=O) groups is 1. The van der Waals surface area contributed by atoms with Crippen molar-refractivity contribution in [3.63, 3.8) is 0 Å². The summed E-state index contributed by atoms with van der Waals surface area (Å²) in [7, 11) is -1.51. The summed E-state index contributed by atoms with van der Waals surface area (Å²) < 4.78 is 13.7. The molecule has 0 radical (unpaired) electrons. The summed E-state index contributed by atoms with van der Waals surface area (Å²) in [5.41, 5.74) is -0.606. The Bertz CT molecular complexity index is 531. The molecule has 0 heterocycles. The Kier molecular flexibility index (Phi) is 4.82. The predicted molar refractivity (Wildman–Crippen MR) is 76.6 cm³/mol. The molecule has 1 amide bonds. The molecule has 0 aliphatic carbocycles. The van der Waals surface area contributed by atoms with Crippen LogP contribution in [-0.4, -0.2) is 30.7 Å². The van der Waals surface area contributed by atoms with Gasteiger partial charge in [0.25, 0.3) is 5.69 Å². The molecule has 0 aromatic heterocycles. The summed E-state index contributed by atoms with van der Waals surface area (Å²) in [6.45, 7) is 6.33. The summed E-state index contributed by atoms with van der Waals surface area (Å²) in [5, 5.41) is 19.9. The van der Waals surface area contributed by atoms with Crippen molar-refractivity contribution in [1.82, 2.24) is 0 Å². The standard InChI is InChI=1S/C12H17FN2O4Si/c1-20(2,3)7-6-14(12(16)17)11-8-9(15(18)19)4-5-10(11)13/h4-5,8H,6-7H2,1-3H3,(H,16,17). The monoisotopic (exact) mass is 300 g/mol. The fourth-order valence-corrected chi connectivity index (χ4v) is 2.48. The maximum absolute atomic E-state index is 13.7. The van der Waals surface area contributed by atoms with E-state index in [0.29, 0.717) is 6.04 Å². The van der Waals surface area contributed by atoms with Gasteiger partial charge in [-0.05, 0) is 12.1 Å². The molecule has 0 aliphatic heterocycles. The molecule has 1 N–H and O–H groups in total. The summed E-state index contributed by atoms with van der Waals surface area (Å²) in [5.74, 6) is -0.784. The number of non-ortho nitro benzene ring substituents is 1. The van der Waals surface area contributed by atoms with Crippen molar-refractivity contribution in [3.8, 4) is 0 Å². The second-order valence-corrected chi connectivity index (χ2v) is 11.3. The number of rotatable bonds is 5. The van der Waals surface area contributed by atoms with Gasteiger partial charge in [-0.3, -0.25) is 15.0 Å². The molecule has 1 aromatic rings. The number of benzene rings is 1. The zero-order chi connectivity index (χ0) is 15.5. The van der Waals surface area contributed by atoms with Crippen molar-refractivity contribution in [1.29, 1.82) is 0 Å². The lowest BCUT2D eigenvalue weighted by Gasteiger charge is -2.23. The van der Waals surface area contributed by atoms with Crippen molar-refractivity contribution < 1.29 is 19.2 Å². The number of carboxylic acid groups (broad SMARTS) is 1. The lowest BCUT2D eigenvalue weighted by molar-refractivity contribution is -0.384. The summed E-state index contributed by atoms with van der Waals surface area (Å²) in [6.07, 6.45) is -1.32. The van der Waals surface area contributed by atoms with Gasteiger partial charge in [0.15, 0.2) is 0 Å². The third kappa shape index (κ3) is 4.30. The highest BCUT2D eigenvalue weighted by Crippen LogP contribution is 2.26. The van der Waals surface area contributed by atoms with Crippen LogP contribution in [0.15, 0.2) is 18.2 Å². The van der Waals surface area contributed by atoms with Crippen LogP contribution in [-0.2, 0) is 0 Å². The maximum atomic E-state index is 13.7. The minimum atomic E-state index is -1.51. The minimum absolute atomic E-state index is 0.128. The van der Waals surface area contributed by atoms with Gasteiger partial charge in [-0.1, -0.05) is 19.6 Å². The van der Waals surface area contributed by atoms with Crippen LogP contribution in [0.3, 0.4) is 0 Å². The topological polar surface area (TPSA) is 83.7 Å². The number of amides is 1. The molecule has 0 atom stereocenters. The number of halogens is 1. The van der Waals surface area contributed by atoms with E-state index in [1.54, 1.807) is 0 Å². The van der Waals surface area contributed by atoms with E-state index in [9.17, 15) is 24.4 Å². The van der Waals surface area contributed by atoms with E-state index >= 15 is 0 Å². The molecule has 0 aliphatic rings. The average Bonchev–Trinajstić information content (AvgIpc) is 2.29. The van der Waals surface area contributed by atoms with Crippen LogP contribution >= 0.6 is 0 Å². The largest absolute Gasteiger partial charge is 0.465 e. The van der Waals surface area contributed by atoms with E-state index < -0.39 is 24.9 Å². The van der Waals surface area contributed by atoms with E-state index in [1.807, 2.05) is 0 Å². The van der Waals surface area contributed by atoms with E-state index in [0.717, 1.165) is 23.1 Å². The normalized spacial score (nSPS) is 11.2. The first kappa shape index (κ1) is 16.1. The summed E-state index contributed by atoms with van der Waals surface area (Å²) >= 11 is 0. The molecule has 0 saturated heterocycles. The molecule has 1 aromatic carbocycles. The predicted octanol–water partition coefficient (Wildman–Crippen LogP) is 3.56. The van der Waals surface area contributed by atoms with Crippen LogP contribution < -0.4 is 4.90 Å². The number of hydrogen-bond donors (Lipinski definition) is 1. The number of nitro benzene ring substituents is 1. The molecule has 0 fully saturated rings. The third-order valence-electron chi connectivity index (χ3n) is 2.75. The van der Waals surface area contributed by atoms with Gasteiger partial charge in [0.1, 0.15) is 5.82 Å². The van der Waals surface area contributed by atoms with E-state index in [1.165, 1.54) is 0 Å². The quantitative estimate of drug-likeness (QED) is 0.512. The molecule has 0 unspecified atom stereocenters. The van der Waals surface area contributed by atoms with Gasteiger partial charge in [-0.2, -0.15) is 0 Å². The second kappa shape index (κ2) is 5.99. The zero-order valence-corrected chi connectivity index (χ0v) is 12.6. The Hall–Kier alpha value is -1.96. The highest BCUT2D eigenvalue weighted by Gasteiger charge is 2.24. The Morgan fingerprint density at radius 1 is 1.45 bits per heavy atom. The maximum Gasteiger partial charge on any atom is 0.411 e. The first-order chi connectivity index (χ1) is 9.11. The van der Waals surface area contributed by atoms with E-state index in [2.05, 4.69) is 19.6 Å². The lowest BCUT2D eigenvalue weighted by atomic mass is 10.2. The van der Waals surface area contributed by atoms with Crippen molar-refractivity contribution in [2.45, 2.75) is 25.7 Å². The third-order valence-corrected chi connectivity index (χ3v) is 4.47. The van der Waals surface area contributed by atoms with Crippen LogP contribution in [0.5, 0.6) is 0 Å². The van der Waals surface area contributed by atoms with E-state index in [-0.39, 0.29) is 17.9 Å². The van der Waals surface area contributed by atoms with Gasteiger partial charge in [0.05, 0.1) is 10.6 Å². The van der Waals surface area contributed by atoms with Crippen LogP contribution in [0.1, 0.15) is 0 Å². The first-order valence-electron chi connectivity index (χ1n) is 6.06. The minimum Gasteiger partial charge on any atom is -0.465 e. The Morgan fingerprint density at radius 3 is 2.50 bits per heavy atom. The molecule has 1 rings (SSSR count). The summed E-state index contributed by atoms with van der Waals surface area (Å²) in [4.78, 5) is 22.1. The van der Waals surface area contributed by atoms with Crippen LogP contribution in [0.2, 0.25) is 25.7 Å². The summed E-state index contributed by atoms with van der Waals surface area (Å²) in [6, 6.07) is 3.52. The molecule has 8 heteroatoms. The van der Waals surface area contributed by atoms with Gasteiger partial charge in [-0.15, -0.1) is 0 Å². The van der Waals surface area contributed by atoms with Crippen molar-refractivity contribution >= 4 is 25.5 Å². The Labute approximate surface area is 117 Å². The number of nitro groups is 1. The van der Waals surface area contributed by atoms with Gasteiger partial charge >= 0.3 is 6.09 Å². The van der Waals surface area contributed by atoms with Crippen LogP contribution in [0.25, 0.3) is 0 Å². The average molecular weight is 300 g/mol. The molecule has 20 heavy (non-hydrogen) atoms. The van der Waals surface area contributed by atoms with Crippen LogP contribution in [0.4, 0.5) is 20.6 Å². The molecule has 0 spiro atoms. The van der Waals surface area contributed by atoms with Gasteiger partial charge in [-0.25, -0.2) is 9.18 Å². The van der Waals surface area contributed by atoms with Crippen molar-refractivity contribution in [2.75, 3.05) is 11.4 Å². The van der Waals surface area contributed by atoms with Crippen molar-refractivity contribution in [3.05, 3.63) is 34.1 Å². The molecule has 0 bridgehead atoms. The first-order valence-corrected chi connectivity index (χ1v) is 9.77. The van der Waals surface area contributed by atoms with Crippen LogP contribution in [0, 0.1) is 15.9 Å².